The minimum Gasteiger partial charge on any atom is -0.479 e. The van der Waals surface area contributed by atoms with Gasteiger partial charge in [0, 0.05) is 19.0 Å². The van der Waals surface area contributed by atoms with Gasteiger partial charge in [-0.15, -0.1) is 0 Å². The van der Waals surface area contributed by atoms with Crippen molar-refractivity contribution in [2.75, 3.05) is 27.2 Å². The van der Waals surface area contributed by atoms with Gasteiger partial charge in [-0.05, 0) is 34.0 Å². The Morgan fingerprint density at radius 2 is 1.89 bits per heavy atom. The summed E-state index contributed by atoms with van der Waals surface area (Å²) in [5.74, 6) is -1.28. The van der Waals surface area contributed by atoms with Gasteiger partial charge in [-0.2, -0.15) is 0 Å². The van der Waals surface area contributed by atoms with Gasteiger partial charge in [-0.25, -0.2) is 9.59 Å². The van der Waals surface area contributed by atoms with E-state index in [2.05, 4.69) is 10.6 Å². The van der Waals surface area contributed by atoms with Crippen LogP contribution in [0.25, 0.3) is 0 Å². The third kappa shape index (κ3) is 8.77. The summed E-state index contributed by atoms with van der Waals surface area (Å²) in [6.45, 7) is 2.90. The standard InChI is InChI=1S/C11H23N3O4/c1-8(5-7-14(2)3)13-11(18)12-6-4-9(15)10(16)17/h8-9,15H,4-7H2,1-3H3,(H,16,17)(H2,12,13,18)/t8?,9-/m0/s1. The first kappa shape index (κ1) is 16.7. The highest BCUT2D eigenvalue weighted by Gasteiger charge is 2.13. The fourth-order valence-corrected chi connectivity index (χ4v) is 1.24. The molecule has 0 aliphatic rings. The van der Waals surface area contributed by atoms with Gasteiger partial charge >= 0.3 is 12.0 Å². The van der Waals surface area contributed by atoms with Crippen LogP contribution in [0.5, 0.6) is 0 Å². The molecule has 1 unspecified atom stereocenters. The smallest absolute Gasteiger partial charge is 0.332 e. The van der Waals surface area contributed by atoms with E-state index in [9.17, 15) is 9.59 Å². The van der Waals surface area contributed by atoms with Crippen molar-refractivity contribution < 1.29 is 19.8 Å². The summed E-state index contributed by atoms with van der Waals surface area (Å²) in [5.41, 5.74) is 0. The molecule has 0 aliphatic carbocycles. The molecule has 0 radical (unpaired) electrons. The molecule has 0 saturated heterocycles. The number of aliphatic carboxylic acids is 1. The minimum absolute atomic E-state index is 0.00513. The molecule has 0 saturated carbocycles. The van der Waals surface area contributed by atoms with Crippen molar-refractivity contribution in [1.82, 2.24) is 15.5 Å². The van der Waals surface area contributed by atoms with Crippen molar-refractivity contribution in [3.63, 3.8) is 0 Å². The summed E-state index contributed by atoms with van der Waals surface area (Å²) in [5, 5.41) is 22.7. The molecular formula is C11H23N3O4. The maximum absolute atomic E-state index is 11.4. The normalized spacial score (nSPS) is 14.1. The Morgan fingerprint density at radius 3 is 2.39 bits per heavy atom. The topological polar surface area (TPSA) is 102 Å². The first-order valence-electron chi connectivity index (χ1n) is 5.93. The minimum atomic E-state index is -1.43. The van der Waals surface area contributed by atoms with Crippen LogP contribution in [-0.4, -0.2) is 66.4 Å². The van der Waals surface area contributed by atoms with E-state index in [1.165, 1.54) is 0 Å². The predicted octanol–water partition coefficient (Wildman–Crippen LogP) is -0.539. The molecule has 0 aromatic heterocycles. The highest BCUT2D eigenvalue weighted by molar-refractivity contribution is 5.74. The predicted molar refractivity (Wildman–Crippen MR) is 67.4 cm³/mol. The number of carboxylic acids is 1. The Kier molecular flexibility index (Phi) is 8.06. The number of nitrogens with one attached hydrogen (secondary N) is 2. The number of nitrogens with zero attached hydrogens (tertiary/aromatic N) is 1. The van der Waals surface area contributed by atoms with E-state index in [0.717, 1.165) is 13.0 Å². The molecule has 2 atom stereocenters. The lowest BCUT2D eigenvalue weighted by atomic mass is 10.2. The van der Waals surface area contributed by atoms with E-state index in [1.54, 1.807) is 0 Å². The molecule has 0 aromatic rings. The van der Waals surface area contributed by atoms with E-state index >= 15 is 0 Å². The zero-order valence-electron chi connectivity index (χ0n) is 11.1. The Morgan fingerprint density at radius 1 is 1.28 bits per heavy atom. The molecule has 7 nitrogen and oxygen atoms in total. The Bertz CT molecular complexity index is 271. The third-order valence-corrected chi connectivity index (χ3v) is 2.38. The highest BCUT2D eigenvalue weighted by atomic mass is 16.4. The van der Waals surface area contributed by atoms with Crippen LogP contribution in [0.15, 0.2) is 0 Å². The Hall–Kier alpha value is -1.34. The molecule has 0 fully saturated rings. The number of aliphatic hydroxyl groups is 1. The zero-order chi connectivity index (χ0) is 14.1. The van der Waals surface area contributed by atoms with E-state index in [0.29, 0.717) is 0 Å². The first-order valence-corrected chi connectivity index (χ1v) is 5.93. The molecule has 0 spiro atoms. The number of hydrogen-bond donors (Lipinski definition) is 4. The molecule has 18 heavy (non-hydrogen) atoms. The second-order valence-electron chi connectivity index (χ2n) is 4.54. The van der Waals surface area contributed by atoms with Crippen LogP contribution in [0.4, 0.5) is 4.79 Å². The summed E-state index contributed by atoms with van der Waals surface area (Å²) >= 11 is 0. The van der Waals surface area contributed by atoms with Gasteiger partial charge in [0.15, 0.2) is 6.10 Å². The van der Waals surface area contributed by atoms with Crippen LogP contribution in [0.1, 0.15) is 19.8 Å². The fraction of sp³-hybridized carbons (Fsp3) is 0.818. The molecule has 7 heteroatoms. The van der Waals surface area contributed by atoms with Crippen LogP contribution < -0.4 is 10.6 Å². The SMILES string of the molecule is CC(CCN(C)C)NC(=O)NCC[C@H](O)C(=O)O. The number of carboxylic acid groups (broad SMARTS) is 1. The van der Waals surface area contributed by atoms with Crippen molar-refractivity contribution in [3.8, 4) is 0 Å². The highest BCUT2D eigenvalue weighted by Crippen LogP contribution is 1.93. The number of aliphatic hydroxyl groups excluding tert-OH is 1. The van der Waals surface area contributed by atoms with Gasteiger partial charge in [0.2, 0.25) is 0 Å². The van der Waals surface area contributed by atoms with Gasteiger partial charge in [-0.1, -0.05) is 0 Å². The molecule has 106 valence electrons. The summed E-state index contributed by atoms with van der Waals surface area (Å²) in [6.07, 6.45) is -0.607. The maximum Gasteiger partial charge on any atom is 0.332 e. The summed E-state index contributed by atoms with van der Waals surface area (Å²) < 4.78 is 0. The van der Waals surface area contributed by atoms with Crippen molar-refractivity contribution in [3.05, 3.63) is 0 Å². The zero-order valence-corrected chi connectivity index (χ0v) is 11.1. The van der Waals surface area contributed by atoms with Crippen molar-refractivity contribution in [2.24, 2.45) is 0 Å². The molecular weight excluding hydrogens is 238 g/mol. The van der Waals surface area contributed by atoms with E-state index in [4.69, 9.17) is 10.2 Å². The van der Waals surface area contributed by atoms with E-state index in [1.807, 2.05) is 25.9 Å². The number of carbonyl (C=O) groups excluding carboxylic acids is 1. The number of amides is 2. The number of carbonyl (C=O) groups is 2. The molecule has 0 aliphatic heterocycles. The van der Waals surface area contributed by atoms with Gasteiger partial charge in [0.25, 0.3) is 0 Å². The number of hydrogen-bond acceptors (Lipinski definition) is 4. The van der Waals surface area contributed by atoms with Crippen LogP contribution in [0.2, 0.25) is 0 Å². The summed E-state index contributed by atoms with van der Waals surface area (Å²) in [6, 6.07) is -0.310. The number of rotatable bonds is 8. The third-order valence-electron chi connectivity index (χ3n) is 2.38. The fourth-order valence-electron chi connectivity index (χ4n) is 1.24. The van der Waals surface area contributed by atoms with Crippen LogP contribution in [-0.2, 0) is 4.79 Å². The molecule has 0 rings (SSSR count). The average Bonchev–Trinajstić information content (AvgIpc) is 2.25. The van der Waals surface area contributed by atoms with Gasteiger partial charge in [-0.3, -0.25) is 0 Å². The second-order valence-corrected chi connectivity index (χ2v) is 4.54. The average molecular weight is 261 g/mol. The Balaban J connectivity index is 3.67. The Labute approximate surface area is 107 Å². The largest absolute Gasteiger partial charge is 0.479 e. The lowest BCUT2D eigenvalue weighted by molar-refractivity contribution is -0.146. The van der Waals surface area contributed by atoms with E-state index in [-0.39, 0.29) is 25.0 Å². The molecule has 0 heterocycles. The van der Waals surface area contributed by atoms with Crippen molar-refractivity contribution in [1.29, 1.82) is 0 Å². The van der Waals surface area contributed by atoms with Gasteiger partial charge in [0.1, 0.15) is 0 Å². The summed E-state index contributed by atoms with van der Waals surface area (Å²) in [4.78, 5) is 23.7. The van der Waals surface area contributed by atoms with Crippen LogP contribution >= 0.6 is 0 Å². The van der Waals surface area contributed by atoms with Crippen LogP contribution in [0.3, 0.4) is 0 Å². The quantitative estimate of drug-likeness (QED) is 0.470. The maximum atomic E-state index is 11.4. The second kappa shape index (κ2) is 8.71. The van der Waals surface area contributed by atoms with Crippen molar-refractivity contribution in [2.45, 2.75) is 31.9 Å². The molecule has 2 amide bonds. The summed E-state index contributed by atoms with van der Waals surface area (Å²) in [7, 11) is 3.92. The monoisotopic (exact) mass is 261 g/mol. The lowest BCUT2D eigenvalue weighted by Gasteiger charge is -2.17. The van der Waals surface area contributed by atoms with E-state index < -0.39 is 12.1 Å². The van der Waals surface area contributed by atoms with Crippen LogP contribution in [0, 0.1) is 0 Å². The molecule has 4 N–H and O–H groups in total. The lowest BCUT2D eigenvalue weighted by Crippen LogP contribution is -2.42. The first-order chi connectivity index (χ1) is 8.32. The number of urea groups is 1. The van der Waals surface area contributed by atoms with Gasteiger partial charge in [0.05, 0.1) is 0 Å². The van der Waals surface area contributed by atoms with Crippen molar-refractivity contribution >= 4 is 12.0 Å². The van der Waals surface area contributed by atoms with Gasteiger partial charge < -0.3 is 25.7 Å². The molecule has 0 bridgehead atoms. The molecule has 0 aromatic carbocycles.